The zero-order chi connectivity index (χ0) is 61.9. The van der Waals surface area contributed by atoms with E-state index in [1.54, 1.807) is 0 Å². The molecule has 3 heterocycles. The van der Waals surface area contributed by atoms with Crippen LogP contribution in [-0.2, 0) is 33.2 Å². The van der Waals surface area contributed by atoms with Gasteiger partial charge in [-0.05, 0) is 51.4 Å². The van der Waals surface area contributed by atoms with E-state index >= 15 is 0 Å². The van der Waals surface area contributed by atoms with Crippen molar-refractivity contribution in [2.75, 3.05) is 26.4 Å². The zero-order valence-corrected chi connectivity index (χ0v) is 52.1. The van der Waals surface area contributed by atoms with Gasteiger partial charge in [-0.2, -0.15) is 0 Å². The van der Waals surface area contributed by atoms with Gasteiger partial charge in [0.15, 0.2) is 18.9 Å². The lowest BCUT2D eigenvalue weighted by atomic mass is 9.96. The standard InChI is InChI=1S/C66H119NO18/c1-3-5-7-9-11-13-15-16-17-18-19-20-21-22-23-24-25-26-27-28-29-30-31-32-34-36-38-40-42-44-54(72)67-49(50(71)43-41-39-37-35-33-14-12-10-8-6-4-2)48-80-64-60(78)57(75)62(52(46-69)82-64)85-66-61(79)58(76)63(53(47-70)83-66)84-65-59(77)56(74)55(73)51(45-68)81-65/h5,7,11,13,16-17,19-20,49-53,55-66,68-71,73-79H,3-4,6,8-10,12,14-15,18,21-48H2,1-2H3,(H,67,72)/b7-5-,13-11-,17-16-,20-19-. The first-order valence-corrected chi connectivity index (χ1v) is 33.4. The number of hydrogen-bond donors (Lipinski definition) is 12. The third-order valence-electron chi connectivity index (χ3n) is 16.7. The Morgan fingerprint density at radius 2 is 0.812 bits per heavy atom. The predicted molar refractivity (Wildman–Crippen MR) is 328 cm³/mol. The van der Waals surface area contributed by atoms with Crippen molar-refractivity contribution in [2.45, 2.75) is 336 Å². The Bertz CT molecular complexity index is 1740. The van der Waals surface area contributed by atoms with Gasteiger partial charge in [0.2, 0.25) is 5.91 Å². The van der Waals surface area contributed by atoms with Crippen LogP contribution in [0.2, 0.25) is 0 Å². The van der Waals surface area contributed by atoms with E-state index in [0.29, 0.717) is 12.8 Å². The summed E-state index contributed by atoms with van der Waals surface area (Å²) in [5.41, 5.74) is 0. The number of aliphatic hydroxyl groups is 11. The van der Waals surface area contributed by atoms with Crippen LogP contribution in [0.4, 0.5) is 0 Å². The molecular weight excluding hydrogens is 1090 g/mol. The molecule has 12 N–H and O–H groups in total. The molecule has 3 saturated heterocycles. The van der Waals surface area contributed by atoms with Crippen LogP contribution in [0.25, 0.3) is 0 Å². The number of hydrogen-bond acceptors (Lipinski definition) is 18. The van der Waals surface area contributed by atoms with E-state index in [0.717, 1.165) is 70.6 Å². The second-order valence-electron chi connectivity index (χ2n) is 23.9. The number of carbonyl (C=O) groups is 1. The minimum Gasteiger partial charge on any atom is -0.394 e. The van der Waals surface area contributed by atoms with Crippen molar-refractivity contribution in [2.24, 2.45) is 0 Å². The highest BCUT2D eigenvalue weighted by molar-refractivity contribution is 5.76. The molecule has 3 fully saturated rings. The molecule has 0 spiro atoms. The van der Waals surface area contributed by atoms with Gasteiger partial charge >= 0.3 is 0 Å². The summed E-state index contributed by atoms with van der Waals surface area (Å²) in [6, 6.07) is -0.886. The molecule has 0 aliphatic carbocycles. The molecule has 0 saturated carbocycles. The first-order valence-electron chi connectivity index (χ1n) is 33.4. The molecule has 0 bridgehead atoms. The number of amides is 1. The molecule has 17 unspecified atom stereocenters. The van der Waals surface area contributed by atoms with E-state index in [1.807, 2.05) is 0 Å². The topological polar surface area (TPSA) is 307 Å². The summed E-state index contributed by atoms with van der Waals surface area (Å²) in [5, 5.41) is 120. The van der Waals surface area contributed by atoms with Crippen molar-refractivity contribution in [3.8, 4) is 0 Å². The molecule has 17 atom stereocenters. The fraction of sp³-hybridized carbons (Fsp3) is 0.864. The number of carbonyl (C=O) groups excluding carboxylic acids is 1. The quantitative estimate of drug-likeness (QED) is 0.0204. The van der Waals surface area contributed by atoms with Crippen LogP contribution in [-0.4, -0.2) is 193 Å². The van der Waals surface area contributed by atoms with Crippen molar-refractivity contribution < 1.29 is 89.4 Å². The average molecular weight is 1210 g/mol. The monoisotopic (exact) mass is 1210 g/mol. The maximum Gasteiger partial charge on any atom is 0.220 e. The van der Waals surface area contributed by atoms with Crippen molar-refractivity contribution in [1.82, 2.24) is 5.32 Å². The molecular formula is C66H119NO18. The smallest absolute Gasteiger partial charge is 0.220 e. The number of ether oxygens (including phenoxy) is 6. The lowest BCUT2D eigenvalue weighted by Gasteiger charge is -2.48. The maximum absolute atomic E-state index is 13.4. The highest BCUT2D eigenvalue weighted by Gasteiger charge is 2.53. The zero-order valence-electron chi connectivity index (χ0n) is 52.1. The van der Waals surface area contributed by atoms with Crippen LogP contribution < -0.4 is 5.32 Å². The highest BCUT2D eigenvalue weighted by Crippen LogP contribution is 2.33. The van der Waals surface area contributed by atoms with Gasteiger partial charge < -0.3 is 89.9 Å². The third-order valence-corrected chi connectivity index (χ3v) is 16.7. The highest BCUT2D eigenvalue weighted by atomic mass is 16.8. The molecule has 0 aromatic carbocycles. The second kappa shape index (κ2) is 48.6. The molecule has 19 nitrogen and oxygen atoms in total. The number of rotatable bonds is 50. The number of nitrogens with one attached hydrogen (secondary N) is 1. The molecule has 3 aliphatic heterocycles. The van der Waals surface area contributed by atoms with Crippen LogP contribution in [0.15, 0.2) is 48.6 Å². The minimum absolute atomic E-state index is 0.244. The summed E-state index contributed by atoms with van der Waals surface area (Å²) in [6.07, 6.45) is 29.2. The summed E-state index contributed by atoms with van der Waals surface area (Å²) < 4.78 is 34.3. The van der Waals surface area contributed by atoms with Crippen LogP contribution in [0.5, 0.6) is 0 Å². The second-order valence-corrected chi connectivity index (χ2v) is 23.9. The largest absolute Gasteiger partial charge is 0.394 e. The van der Waals surface area contributed by atoms with Crippen molar-refractivity contribution in [1.29, 1.82) is 0 Å². The number of aliphatic hydroxyl groups excluding tert-OH is 11. The van der Waals surface area contributed by atoms with E-state index < -0.39 is 124 Å². The van der Waals surface area contributed by atoms with Gasteiger partial charge in [-0.1, -0.05) is 223 Å². The normalized spacial score (nSPS) is 29.3. The Morgan fingerprint density at radius 1 is 0.435 bits per heavy atom. The Hall–Kier alpha value is -2.25. The Labute approximate surface area is 510 Å². The number of allylic oxidation sites excluding steroid dienone is 8. The van der Waals surface area contributed by atoms with Gasteiger partial charge in [0.1, 0.15) is 73.2 Å². The van der Waals surface area contributed by atoms with E-state index in [1.165, 1.54) is 128 Å². The van der Waals surface area contributed by atoms with Gasteiger partial charge in [0, 0.05) is 6.42 Å². The van der Waals surface area contributed by atoms with Crippen molar-refractivity contribution >= 4 is 5.91 Å². The lowest BCUT2D eigenvalue weighted by molar-refractivity contribution is -0.379. The Balaban J connectivity index is 1.37. The summed E-state index contributed by atoms with van der Waals surface area (Å²) in [6.45, 7) is 1.67. The molecule has 3 aliphatic rings. The Morgan fingerprint density at radius 3 is 1.27 bits per heavy atom. The van der Waals surface area contributed by atoms with Gasteiger partial charge in [0.05, 0.1) is 38.6 Å². The van der Waals surface area contributed by atoms with E-state index in [-0.39, 0.29) is 18.9 Å². The van der Waals surface area contributed by atoms with Crippen LogP contribution in [0.3, 0.4) is 0 Å². The van der Waals surface area contributed by atoms with Gasteiger partial charge in [-0.25, -0.2) is 0 Å². The molecule has 0 radical (unpaired) electrons. The molecule has 496 valence electrons. The summed E-state index contributed by atoms with van der Waals surface area (Å²) >= 11 is 0. The van der Waals surface area contributed by atoms with Crippen LogP contribution in [0, 0.1) is 0 Å². The molecule has 19 heteroatoms. The van der Waals surface area contributed by atoms with E-state index in [4.69, 9.17) is 28.4 Å². The first kappa shape index (κ1) is 77.0. The summed E-state index contributed by atoms with van der Waals surface area (Å²) in [7, 11) is 0. The molecule has 3 rings (SSSR count). The lowest BCUT2D eigenvalue weighted by Crippen LogP contribution is -2.66. The molecule has 85 heavy (non-hydrogen) atoms. The van der Waals surface area contributed by atoms with Gasteiger partial charge in [0.25, 0.3) is 0 Å². The van der Waals surface area contributed by atoms with Crippen molar-refractivity contribution in [3.05, 3.63) is 48.6 Å². The summed E-state index contributed by atoms with van der Waals surface area (Å²) in [5.74, 6) is -0.244. The fourth-order valence-corrected chi connectivity index (χ4v) is 11.2. The van der Waals surface area contributed by atoms with Crippen molar-refractivity contribution in [3.63, 3.8) is 0 Å². The molecule has 0 aromatic heterocycles. The van der Waals surface area contributed by atoms with Gasteiger partial charge in [-0.15, -0.1) is 0 Å². The van der Waals surface area contributed by atoms with Crippen LogP contribution >= 0.6 is 0 Å². The first-order chi connectivity index (χ1) is 41.3. The summed E-state index contributed by atoms with van der Waals surface area (Å²) in [4.78, 5) is 13.4. The minimum atomic E-state index is -1.97. The van der Waals surface area contributed by atoms with Crippen LogP contribution in [0.1, 0.15) is 232 Å². The maximum atomic E-state index is 13.4. The fourth-order valence-electron chi connectivity index (χ4n) is 11.2. The molecule has 1 amide bonds. The predicted octanol–water partition coefficient (Wildman–Crippen LogP) is 7.83. The third kappa shape index (κ3) is 31.4. The SMILES string of the molecule is CC/C=C\C/C=C\C/C=C\C/C=C\CCCCCCCCCCCCCCCCCCC(=O)NC(COC1OC(CO)C(OC2OC(CO)C(OC3OC(CO)C(O)C(O)C3O)C(O)C2O)C(O)C1O)C(O)CCCCCCCCCCCCC. The number of unbranched alkanes of at least 4 members (excludes halogenated alkanes) is 26. The Kier molecular flexibility index (Phi) is 44.0. The molecule has 0 aromatic rings. The van der Waals surface area contributed by atoms with E-state index in [2.05, 4.69) is 67.8 Å². The van der Waals surface area contributed by atoms with Gasteiger partial charge in [-0.3, -0.25) is 4.79 Å². The van der Waals surface area contributed by atoms with E-state index in [9.17, 15) is 61.0 Å². The average Bonchev–Trinajstić information content (AvgIpc) is 3.05.